The highest BCUT2D eigenvalue weighted by molar-refractivity contribution is 9.10. The topological polar surface area (TPSA) is 40.5 Å². The summed E-state index contributed by atoms with van der Waals surface area (Å²) in [5, 5.41) is 9.41. The second kappa shape index (κ2) is 6.23. The molecule has 1 aromatic carbocycles. The quantitative estimate of drug-likeness (QED) is 0.929. The van der Waals surface area contributed by atoms with Crippen molar-refractivity contribution in [1.29, 1.82) is 0 Å². The molecule has 3 nitrogen and oxygen atoms in total. The molecule has 0 spiro atoms. The Morgan fingerprint density at radius 2 is 2.25 bits per heavy atom. The molecule has 1 aromatic rings. The van der Waals surface area contributed by atoms with Gasteiger partial charge in [0.1, 0.15) is 0 Å². The van der Waals surface area contributed by atoms with Gasteiger partial charge in [0.25, 0.3) is 5.91 Å². The van der Waals surface area contributed by atoms with Crippen LogP contribution in [0.4, 0.5) is 0 Å². The molecule has 0 fully saturated rings. The van der Waals surface area contributed by atoms with Crippen LogP contribution >= 0.6 is 27.5 Å². The lowest BCUT2D eigenvalue weighted by atomic mass is 10.2. The molecule has 0 saturated heterocycles. The smallest absolute Gasteiger partial charge is 0.253 e. The van der Waals surface area contributed by atoms with Gasteiger partial charge in [0, 0.05) is 23.1 Å². The number of likely N-dealkylation sites (N-methyl/N-ethyl adjacent to an activating group) is 1. The minimum Gasteiger partial charge on any atom is -0.395 e. The first-order chi connectivity index (χ1) is 7.60. The van der Waals surface area contributed by atoms with Crippen LogP contribution in [0, 0.1) is 0 Å². The molecule has 1 rings (SSSR count). The number of halogens is 2. The van der Waals surface area contributed by atoms with Crippen molar-refractivity contribution in [2.75, 3.05) is 19.7 Å². The molecule has 0 radical (unpaired) electrons. The Hall–Kier alpha value is -0.580. The van der Waals surface area contributed by atoms with Crippen LogP contribution in [0.15, 0.2) is 22.7 Å². The van der Waals surface area contributed by atoms with E-state index in [4.69, 9.17) is 16.7 Å². The number of benzene rings is 1. The average Bonchev–Trinajstić information content (AvgIpc) is 2.28. The summed E-state index contributed by atoms with van der Waals surface area (Å²) >= 11 is 9.12. The van der Waals surface area contributed by atoms with Crippen LogP contribution < -0.4 is 0 Å². The van der Waals surface area contributed by atoms with Crippen molar-refractivity contribution in [3.8, 4) is 0 Å². The lowest BCUT2D eigenvalue weighted by molar-refractivity contribution is 0.0732. The molecular weight excluding hydrogens is 293 g/mol. The largest absolute Gasteiger partial charge is 0.395 e. The number of aliphatic hydroxyl groups is 1. The summed E-state index contributed by atoms with van der Waals surface area (Å²) in [5.74, 6) is -0.103. The molecule has 1 N–H and O–H groups in total. The fraction of sp³-hybridized carbons (Fsp3) is 0.364. The first kappa shape index (κ1) is 13.5. The summed E-state index contributed by atoms with van der Waals surface area (Å²) < 4.78 is 0.695. The van der Waals surface area contributed by atoms with Crippen molar-refractivity contribution in [2.45, 2.75) is 6.92 Å². The zero-order valence-electron chi connectivity index (χ0n) is 8.91. The highest BCUT2D eigenvalue weighted by Crippen LogP contribution is 2.23. The second-order valence-corrected chi connectivity index (χ2v) is 4.50. The van der Waals surface area contributed by atoms with Crippen LogP contribution in [-0.4, -0.2) is 35.6 Å². The fourth-order valence-corrected chi connectivity index (χ4v) is 1.83. The summed E-state index contributed by atoms with van der Waals surface area (Å²) in [5.41, 5.74) is 0.562. The van der Waals surface area contributed by atoms with Gasteiger partial charge in [-0.15, -0.1) is 0 Å². The van der Waals surface area contributed by atoms with Gasteiger partial charge in [-0.2, -0.15) is 0 Å². The van der Waals surface area contributed by atoms with E-state index in [-0.39, 0.29) is 12.5 Å². The average molecular weight is 307 g/mol. The fourth-order valence-electron chi connectivity index (χ4n) is 1.34. The van der Waals surface area contributed by atoms with Crippen LogP contribution in [0.2, 0.25) is 5.02 Å². The molecule has 0 aliphatic rings. The normalized spacial score (nSPS) is 10.2. The first-order valence-corrected chi connectivity index (χ1v) is 6.12. The van der Waals surface area contributed by atoms with Gasteiger partial charge in [0.05, 0.1) is 11.6 Å². The Bertz CT molecular complexity index is 384. The van der Waals surface area contributed by atoms with Crippen molar-refractivity contribution in [3.63, 3.8) is 0 Å². The van der Waals surface area contributed by atoms with Gasteiger partial charge < -0.3 is 10.0 Å². The van der Waals surface area contributed by atoms with Gasteiger partial charge in [-0.1, -0.05) is 11.6 Å². The van der Waals surface area contributed by atoms with Crippen molar-refractivity contribution >= 4 is 33.4 Å². The molecule has 1 amide bonds. The Labute approximate surface area is 108 Å². The van der Waals surface area contributed by atoms with E-state index in [1.165, 1.54) is 0 Å². The minimum atomic E-state index is -0.103. The molecule has 0 aromatic heterocycles. The molecule has 5 heteroatoms. The maximum atomic E-state index is 12.0. The van der Waals surface area contributed by atoms with Gasteiger partial charge in [-0.05, 0) is 41.1 Å². The third kappa shape index (κ3) is 3.20. The van der Waals surface area contributed by atoms with Crippen LogP contribution in [0.25, 0.3) is 0 Å². The van der Waals surface area contributed by atoms with E-state index in [0.29, 0.717) is 28.1 Å². The molecule has 0 heterocycles. The van der Waals surface area contributed by atoms with Gasteiger partial charge in [-0.25, -0.2) is 0 Å². The van der Waals surface area contributed by atoms with Crippen LogP contribution in [0.5, 0.6) is 0 Å². The van der Waals surface area contributed by atoms with E-state index < -0.39 is 0 Å². The van der Waals surface area contributed by atoms with Gasteiger partial charge >= 0.3 is 0 Å². The first-order valence-electron chi connectivity index (χ1n) is 4.95. The number of carbonyl (C=O) groups excluding carboxylic acids is 1. The van der Waals surface area contributed by atoms with Gasteiger partial charge in [0.15, 0.2) is 0 Å². The highest BCUT2D eigenvalue weighted by atomic mass is 79.9. The molecule has 0 atom stereocenters. The zero-order valence-corrected chi connectivity index (χ0v) is 11.3. The predicted octanol–water partition coefficient (Wildman–Crippen LogP) is 2.56. The van der Waals surface area contributed by atoms with Crippen molar-refractivity contribution < 1.29 is 9.90 Å². The van der Waals surface area contributed by atoms with E-state index in [9.17, 15) is 4.79 Å². The standard InChI is InChI=1S/C11H13BrClNO2/c1-2-14(5-6-15)11(16)8-3-4-10(13)9(12)7-8/h3-4,7,15H,2,5-6H2,1H3. The summed E-state index contributed by atoms with van der Waals surface area (Å²) in [7, 11) is 0. The molecule has 0 aliphatic carbocycles. The number of rotatable bonds is 4. The maximum Gasteiger partial charge on any atom is 0.253 e. The molecular formula is C11H13BrClNO2. The molecule has 16 heavy (non-hydrogen) atoms. The number of hydrogen-bond donors (Lipinski definition) is 1. The second-order valence-electron chi connectivity index (χ2n) is 3.24. The molecule has 0 aliphatic heterocycles. The number of hydrogen-bond acceptors (Lipinski definition) is 2. The minimum absolute atomic E-state index is 0.0334. The third-order valence-electron chi connectivity index (χ3n) is 2.21. The molecule has 0 bridgehead atoms. The molecule has 88 valence electrons. The predicted molar refractivity (Wildman–Crippen MR) is 67.8 cm³/mol. The van der Waals surface area contributed by atoms with Crippen molar-refractivity contribution in [1.82, 2.24) is 4.90 Å². The lowest BCUT2D eigenvalue weighted by Gasteiger charge is -2.19. The summed E-state index contributed by atoms with van der Waals surface area (Å²) in [6.45, 7) is 2.75. The zero-order chi connectivity index (χ0) is 12.1. The Kier molecular flexibility index (Phi) is 5.25. The van der Waals surface area contributed by atoms with E-state index in [2.05, 4.69) is 15.9 Å². The van der Waals surface area contributed by atoms with E-state index in [0.717, 1.165) is 0 Å². The van der Waals surface area contributed by atoms with E-state index in [1.807, 2.05) is 6.92 Å². The van der Waals surface area contributed by atoms with Crippen LogP contribution in [0.3, 0.4) is 0 Å². The SMILES string of the molecule is CCN(CCO)C(=O)c1ccc(Cl)c(Br)c1. The van der Waals surface area contributed by atoms with Gasteiger partial charge in [-0.3, -0.25) is 4.79 Å². The van der Waals surface area contributed by atoms with Gasteiger partial charge in [0.2, 0.25) is 0 Å². The van der Waals surface area contributed by atoms with Crippen molar-refractivity contribution in [2.24, 2.45) is 0 Å². The maximum absolute atomic E-state index is 12.0. The summed E-state index contributed by atoms with van der Waals surface area (Å²) in [6, 6.07) is 5.03. The molecule has 0 unspecified atom stereocenters. The number of nitrogens with zero attached hydrogens (tertiary/aromatic N) is 1. The van der Waals surface area contributed by atoms with E-state index in [1.54, 1.807) is 23.1 Å². The third-order valence-corrected chi connectivity index (χ3v) is 3.42. The lowest BCUT2D eigenvalue weighted by Crippen LogP contribution is -2.33. The number of amides is 1. The van der Waals surface area contributed by atoms with Crippen LogP contribution in [0.1, 0.15) is 17.3 Å². The van der Waals surface area contributed by atoms with E-state index >= 15 is 0 Å². The summed E-state index contributed by atoms with van der Waals surface area (Å²) in [6.07, 6.45) is 0. The molecule has 0 saturated carbocycles. The number of carbonyl (C=O) groups is 1. The van der Waals surface area contributed by atoms with Crippen LogP contribution in [-0.2, 0) is 0 Å². The van der Waals surface area contributed by atoms with Crippen molar-refractivity contribution in [3.05, 3.63) is 33.3 Å². The Morgan fingerprint density at radius 1 is 1.56 bits per heavy atom. The number of aliphatic hydroxyl groups excluding tert-OH is 1. The Balaban J connectivity index is 2.90. The highest BCUT2D eigenvalue weighted by Gasteiger charge is 2.14. The summed E-state index contributed by atoms with van der Waals surface area (Å²) in [4.78, 5) is 13.6. The monoisotopic (exact) mass is 305 g/mol. The Morgan fingerprint density at radius 3 is 2.75 bits per heavy atom.